The fraction of sp³-hybridized carbons (Fsp3) is 0.583. The molecule has 1 heterocycles. The summed E-state index contributed by atoms with van der Waals surface area (Å²) in [5.41, 5.74) is 4.96. The normalized spacial score (nSPS) is 10.1. The Labute approximate surface area is 118 Å². The summed E-state index contributed by atoms with van der Waals surface area (Å²) < 4.78 is 10.4. The largest absolute Gasteiger partial charge is 0.490 e. The fourth-order valence-electron chi connectivity index (χ4n) is 1.48. The Morgan fingerprint density at radius 3 is 2.50 bits per heavy atom. The average Bonchev–Trinajstić information content (AvgIpc) is 2.44. The van der Waals surface area contributed by atoms with Crippen LogP contribution in [-0.2, 0) is 9.53 Å². The van der Waals surface area contributed by atoms with Crippen LogP contribution in [0.1, 0.15) is 13.3 Å². The lowest BCUT2D eigenvalue weighted by molar-refractivity contribution is -0.122. The number of hydrogen-bond donors (Lipinski definition) is 3. The third-order valence-electron chi connectivity index (χ3n) is 2.33. The van der Waals surface area contributed by atoms with Gasteiger partial charge in [0.2, 0.25) is 11.7 Å². The lowest BCUT2D eigenvalue weighted by Crippen LogP contribution is -2.21. The molecule has 1 rings (SSSR count). The molecule has 0 radical (unpaired) electrons. The van der Waals surface area contributed by atoms with Crippen molar-refractivity contribution in [1.29, 1.82) is 0 Å². The van der Waals surface area contributed by atoms with Gasteiger partial charge >= 0.3 is 0 Å². The minimum Gasteiger partial charge on any atom is -0.490 e. The Hall–Kier alpha value is -2.09. The van der Waals surface area contributed by atoms with Crippen molar-refractivity contribution in [2.45, 2.75) is 13.3 Å². The molecular formula is C12H21N5O3. The predicted octanol–water partition coefficient (Wildman–Crippen LogP) is 0.221. The number of nitrogens with zero attached hydrogens (tertiary/aromatic N) is 2. The number of methoxy groups -OCH3 is 1. The van der Waals surface area contributed by atoms with Gasteiger partial charge in [-0.1, -0.05) is 6.92 Å². The molecule has 1 aromatic rings. The van der Waals surface area contributed by atoms with E-state index in [0.717, 1.165) is 13.0 Å². The molecule has 8 heteroatoms. The van der Waals surface area contributed by atoms with Crippen LogP contribution in [-0.4, -0.2) is 49.3 Å². The van der Waals surface area contributed by atoms with Gasteiger partial charge in [-0.05, 0) is 6.42 Å². The standard InChI is InChI=1S/C12H21N5O3/c1-3-4-14-11-10(19-2)12(17-8-16-11)15-5-6-20-7-9(13)18/h8H,3-7H2,1-2H3,(H2,13,18)(H2,14,15,16,17). The average molecular weight is 283 g/mol. The summed E-state index contributed by atoms with van der Waals surface area (Å²) in [4.78, 5) is 18.8. The van der Waals surface area contributed by atoms with E-state index < -0.39 is 5.91 Å². The molecule has 1 aromatic heterocycles. The van der Waals surface area contributed by atoms with Gasteiger partial charge in [0.15, 0.2) is 11.6 Å². The zero-order valence-electron chi connectivity index (χ0n) is 11.8. The molecule has 0 aliphatic rings. The van der Waals surface area contributed by atoms with Crippen molar-refractivity contribution in [3.05, 3.63) is 6.33 Å². The van der Waals surface area contributed by atoms with Crippen LogP contribution in [0.3, 0.4) is 0 Å². The topological polar surface area (TPSA) is 111 Å². The summed E-state index contributed by atoms with van der Waals surface area (Å²) in [6.07, 6.45) is 2.43. The van der Waals surface area contributed by atoms with Gasteiger partial charge in [0.1, 0.15) is 12.9 Å². The SMILES string of the molecule is CCCNc1ncnc(NCCOCC(N)=O)c1OC. The zero-order valence-corrected chi connectivity index (χ0v) is 11.8. The molecule has 0 aliphatic heterocycles. The molecular weight excluding hydrogens is 262 g/mol. The van der Waals surface area contributed by atoms with Crippen LogP contribution in [0, 0.1) is 0 Å². The van der Waals surface area contributed by atoms with Gasteiger partial charge < -0.3 is 25.8 Å². The third-order valence-corrected chi connectivity index (χ3v) is 2.33. The Bertz CT molecular complexity index is 428. The molecule has 0 fully saturated rings. The van der Waals surface area contributed by atoms with Crippen LogP contribution in [0.2, 0.25) is 0 Å². The minimum absolute atomic E-state index is 0.0914. The van der Waals surface area contributed by atoms with E-state index in [-0.39, 0.29) is 6.61 Å². The van der Waals surface area contributed by atoms with E-state index in [4.69, 9.17) is 15.2 Å². The highest BCUT2D eigenvalue weighted by molar-refractivity contribution is 5.75. The number of carbonyl (C=O) groups excluding carboxylic acids is 1. The van der Waals surface area contributed by atoms with Gasteiger partial charge in [-0.3, -0.25) is 4.79 Å². The summed E-state index contributed by atoms with van der Waals surface area (Å²) in [5.74, 6) is 1.28. The molecule has 20 heavy (non-hydrogen) atoms. The van der Waals surface area contributed by atoms with Gasteiger partial charge in [-0.15, -0.1) is 0 Å². The van der Waals surface area contributed by atoms with Crippen LogP contribution in [0.4, 0.5) is 11.6 Å². The first kappa shape index (κ1) is 16.0. The number of anilines is 2. The van der Waals surface area contributed by atoms with E-state index in [1.54, 1.807) is 7.11 Å². The molecule has 0 aliphatic carbocycles. The van der Waals surface area contributed by atoms with Crippen LogP contribution < -0.4 is 21.1 Å². The summed E-state index contributed by atoms with van der Waals surface area (Å²) >= 11 is 0. The van der Waals surface area contributed by atoms with Crippen molar-refractivity contribution in [1.82, 2.24) is 9.97 Å². The highest BCUT2D eigenvalue weighted by Gasteiger charge is 2.11. The second kappa shape index (κ2) is 8.92. The van der Waals surface area contributed by atoms with E-state index in [1.165, 1.54) is 6.33 Å². The van der Waals surface area contributed by atoms with E-state index in [1.807, 2.05) is 0 Å². The molecule has 0 bridgehead atoms. The van der Waals surface area contributed by atoms with Crippen LogP contribution >= 0.6 is 0 Å². The molecule has 1 amide bonds. The number of carbonyl (C=O) groups is 1. The molecule has 0 spiro atoms. The lowest BCUT2D eigenvalue weighted by atomic mass is 10.4. The number of hydrogen-bond acceptors (Lipinski definition) is 7. The monoisotopic (exact) mass is 283 g/mol. The summed E-state index contributed by atoms with van der Waals surface area (Å²) in [5, 5.41) is 6.22. The number of nitrogens with two attached hydrogens (primary N) is 1. The highest BCUT2D eigenvalue weighted by Crippen LogP contribution is 2.28. The van der Waals surface area contributed by atoms with E-state index in [9.17, 15) is 4.79 Å². The van der Waals surface area contributed by atoms with Crippen molar-refractivity contribution >= 4 is 17.5 Å². The van der Waals surface area contributed by atoms with Crippen molar-refractivity contribution in [2.24, 2.45) is 5.73 Å². The van der Waals surface area contributed by atoms with E-state index in [0.29, 0.717) is 30.5 Å². The molecule has 112 valence electrons. The molecule has 4 N–H and O–H groups in total. The molecule has 0 aromatic carbocycles. The quantitative estimate of drug-likeness (QED) is 0.527. The van der Waals surface area contributed by atoms with Crippen LogP contribution in [0.25, 0.3) is 0 Å². The number of ether oxygens (including phenoxy) is 2. The first-order chi connectivity index (χ1) is 9.69. The molecule has 0 unspecified atom stereocenters. The predicted molar refractivity (Wildman–Crippen MR) is 75.9 cm³/mol. The van der Waals surface area contributed by atoms with Crippen molar-refractivity contribution in [3.63, 3.8) is 0 Å². The minimum atomic E-state index is -0.490. The number of rotatable bonds is 10. The van der Waals surface area contributed by atoms with Gasteiger partial charge in [0.25, 0.3) is 0 Å². The number of aromatic nitrogens is 2. The maximum absolute atomic E-state index is 10.5. The first-order valence-electron chi connectivity index (χ1n) is 6.41. The molecule has 0 saturated carbocycles. The van der Waals surface area contributed by atoms with E-state index in [2.05, 4.69) is 27.5 Å². The van der Waals surface area contributed by atoms with Gasteiger partial charge in [-0.25, -0.2) is 9.97 Å². The molecule has 0 saturated heterocycles. The number of primary amides is 1. The van der Waals surface area contributed by atoms with E-state index >= 15 is 0 Å². The lowest BCUT2D eigenvalue weighted by Gasteiger charge is -2.13. The number of amides is 1. The summed E-state index contributed by atoms with van der Waals surface area (Å²) in [6.45, 7) is 3.60. The van der Waals surface area contributed by atoms with Crippen LogP contribution in [0.5, 0.6) is 5.75 Å². The van der Waals surface area contributed by atoms with Crippen molar-refractivity contribution in [3.8, 4) is 5.75 Å². The Morgan fingerprint density at radius 2 is 1.95 bits per heavy atom. The smallest absolute Gasteiger partial charge is 0.243 e. The van der Waals surface area contributed by atoms with Gasteiger partial charge in [0, 0.05) is 13.1 Å². The maximum Gasteiger partial charge on any atom is 0.243 e. The Kier molecular flexibility index (Phi) is 7.12. The van der Waals surface area contributed by atoms with Crippen molar-refractivity contribution < 1.29 is 14.3 Å². The second-order valence-corrected chi connectivity index (χ2v) is 3.98. The highest BCUT2D eigenvalue weighted by atomic mass is 16.5. The Balaban J connectivity index is 2.53. The molecule has 8 nitrogen and oxygen atoms in total. The second-order valence-electron chi connectivity index (χ2n) is 3.98. The van der Waals surface area contributed by atoms with Gasteiger partial charge in [-0.2, -0.15) is 0 Å². The maximum atomic E-state index is 10.5. The summed E-state index contributed by atoms with van der Waals surface area (Å²) in [6, 6.07) is 0. The first-order valence-corrected chi connectivity index (χ1v) is 6.41. The van der Waals surface area contributed by atoms with Gasteiger partial charge in [0.05, 0.1) is 13.7 Å². The van der Waals surface area contributed by atoms with Crippen molar-refractivity contribution in [2.75, 3.05) is 44.0 Å². The zero-order chi connectivity index (χ0) is 14.8. The Morgan fingerprint density at radius 1 is 1.30 bits per heavy atom. The summed E-state index contributed by atoms with van der Waals surface area (Å²) in [7, 11) is 1.56. The third kappa shape index (κ3) is 5.27. The molecule has 0 atom stereocenters. The fourth-order valence-corrected chi connectivity index (χ4v) is 1.48. The number of nitrogens with one attached hydrogen (secondary N) is 2. The van der Waals surface area contributed by atoms with Crippen LogP contribution in [0.15, 0.2) is 6.33 Å².